The fourth-order valence-corrected chi connectivity index (χ4v) is 1.71. The topological polar surface area (TPSA) is 80.2 Å². The molecule has 72 valence electrons. The van der Waals surface area contributed by atoms with Crippen LogP contribution in [0.4, 0.5) is 0 Å². The summed E-state index contributed by atoms with van der Waals surface area (Å²) >= 11 is 0. The van der Waals surface area contributed by atoms with E-state index in [1.165, 1.54) is 6.20 Å². The second kappa shape index (κ2) is 3.80. The summed E-state index contributed by atoms with van der Waals surface area (Å²) in [7, 11) is -3.51. The van der Waals surface area contributed by atoms with Gasteiger partial charge < -0.3 is 5.11 Å². The number of aliphatic hydroxyl groups is 1. The molecule has 1 aromatic rings. The zero-order valence-corrected chi connectivity index (χ0v) is 7.95. The Labute approximate surface area is 76.4 Å². The highest BCUT2D eigenvalue weighted by Gasteiger charge is 2.16. The maximum Gasteiger partial charge on any atom is 0.247 e. The van der Waals surface area contributed by atoms with E-state index in [4.69, 9.17) is 5.11 Å². The second-order valence-corrected chi connectivity index (χ2v) is 4.53. The van der Waals surface area contributed by atoms with Crippen molar-refractivity contribution < 1.29 is 13.5 Å². The van der Waals surface area contributed by atoms with Gasteiger partial charge in [-0.3, -0.25) is 0 Å². The van der Waals surface area contributed by atoms with Crippen LogP contribution >= 0.6 is 0 Å². The minimum Gasteiger partial charge on any atom is -0.395 e. The van der Waals surface area contributed by atoms with Crippen molar-refractivity contribution in [3.05, 3.63) is 18.0 Å². The zero-order valence-electron chi connectivity index (χ0n) is 7.14. The molecule has 0 aliphatic heterocycles. The van der Waals surface area contributed by atoms with Gasteiger partial charge in [-0.05, 0) is 13.0 Å². The molecule has 0 saturated carbocycles. The first-order chi connectivity index (χ1) is 6.06. The number of aryl methyl sites for hydroxylation is 1. The fraction of sp³-hybridized carbons (Fsp3) is 0.429. The lowest BCUT2D eigenvalue weighted by Crippen LogP contribution is -2.13. The summed E-state index contributed by atoms with van der Waals surface area (Å²) in [6, 6.07) is 1.61. The summed E-state index contributed by atoms with van der Waals surface area (Å²) in [6.45, 7) is 1.26. The average Bonchev–Trinajstić information content (AvgIpc) is 2.04. The van der Waals surface area contributed by atoms with E-state index in [9.17, 15) is 8.42 Å². The molecule has 5 nitrogen and oxygen atoms in total. The lowest BCUT2D eigenvalue weighted by Gasteiger charge is -2.00. The predicted molar refractivity (Wildman–Crippen MR) is 45.9 cm³/mol. The zero-order chi connectivity index (χ0) is 9.90. The van der Waals surface area contributed by atoms with Crippen LogP contribution in [0, 0.1) is 6.92 Å². The van der Waals surface area contributed by atoms with E-state index in [0.29, 0.717) is 5.69 Å². The van der Waals surface area contributed by atoms with Crippen molar-refractivity contribution in [2.24, 2.45) is 0 Å². The third kappa shape index (κ3) is 2.46. The summed E-state index contributed by atoms with van der Waals surface area (Å²) in [5.41, 5.74) is 0.589. The molecule has 0 aliphatic rings. The quantitative estimate of drug-likeness (QED) is 0.671. The van der Waals surface area contributed by atoms with Crippen molar-refractivity contribution in [1.29, 1.82) is 0 Å². The van der Waals surface area contributed by atoms with Gasteiger partial charge in [0, 0.05) is 11.9 Å². The molecule has 1 N–H and O–H groups in total. The first-order valence-corrected chi connectivity index (χ1v) is 5.35. The Hall–Kier alpha value is -1.01. The minimum absolute atomic E-state index is 0.221. The molecule has 0 fully saturated rings. The summed E-state index contributed by atoms with van der Waals surface area (Å²) in [6.07, 6.45) is 1.38. The summed E-state index contributed by atoms with van der Waals surface area (Å²) in [5, 5.41) is 8.28. The molecule has 0 aliphatic carbocycles. The van der Waals surface area contributed by atoms with Crippen LogP contribution in [-0.4, -0.2) is 35.9 Å². The maximum atomic E-state index is 11.3. The predicted octanol–water partition coefficient (Wildman–Crippen LogP) is -0.449. The van der Waals surface area contributed by atoms with Gasteiger partial charge in [0.15, 0.2) is 0 Å². The fourth-order valence-electron chi connectivity index (χ4n) is 0.787. The molecule has 0 atom stereocenters. The third-order valence-corrected chi connectivity index (χ3v) is 2.88. The highest BCUT2D eigenvalue weighted by Crippen LogP contribution is 2.03. The summed E-state index contributed by atoms with van der Waals surface area (Å²) in [4.78, 5) is 7.37. The van der Waals surface area contributed by atoms with Gasteiger partial charge in [0.1, 0.15) is 0 Å². The molecule has 1 rings (SSSR count). The highest BCUT2D eigenvalue weighted by atomic mass is 32.2. The normalized spacial score (nSPS) is 11.5. The molecule has 0 aromatic carbocycles. The van der Waals surface area contributed by atoms with Gasteiger partial charge in [0.25, 0.3) is 0 Å². The van der Waals surface area contributed by atoms with Gasteiger partial charge >= 0.3 is 0 Å². The Kier molecular flexibility index (Phi) is 2.94. The molecule has 1 aromatic heterocycles. The van der Waals surface area contributed by atoms with Gasteiger partial charge in [-0.15, -0.1) is 0 Å². The first-order valence-electron chi connectivity index (χ1n) is 3.69. The number of aromatic nitrogens is 2. The van der Waals surface area contributed by atoms with E-state index in [-0.39, 0.29) is 10.9 Å². The number of rotatable bonds is 3. The van der Waals surface area contributed by atoms with Gasteiger partial charge in [0.05, 0.1) is 12.4 Å². The van der Waals surface area contributed by atoms with Crippen LogP contribution < -0.4 is 0 Å². The average molecular weight is 202 g/mol. The van der Waals surface area contributed by atoms with Crippen LogP contribution in [0.3, 0.4) is 0 Å². The van der Waals surface area contributed by atoms with Gasteiger partial charge in [0.2, 0.25) is 15.0 Å². The first kappa shape index (κ1) is 10.1. The number of hydrogen-bond acceptors (Lipinski definition) is 5. The Morgan fingerprint density at radius 2 is 2.23 bits per heavy atom. The van der Waals surface area contributed by atoms with Crippen LogP contribution in [0.25, 0.3) is 0 Å². The van der Waals surface area contributed by atoms with Gasteiger partial charge in [-0.25, -0.2) is 18.4 Å². The maximum absolute atomic E-state index is 11.3. The largest absolute Gasteiger partial charge is 0.395 e. The van der Waals surface area contributed by atoms with Crippen LogP contribution in [-0.2, 0) is 9.84 Å². The Morgan fingerprint density at radius 3 is 2.77 bits per heavy atom. The smallest absolute Gasteiger partial charge is 0.247 e. The molecular weight excluding hydrogens is 192 g/mol. The monoisotopic (exact) mass is 202 g/mol. The number of hydrogen-bond donors (Lipinski definition) is 1. The summed E-state index contributed by atoms with van der Waals surface area (Å²) in [5.74, 6) is -0.337. The molecule has 0 unspecified atom stereocenters. The lowest BCUT2D eigenvalue weighted by molar-refractivity contribution is 0.319. The van der Waals surface area contributed by atoms with Crippen molar-refractivity contribution in [3.63, 3.8) is 0 Å². The number of nitrogens with zero attached hydrogens (tertiary/aromatic N) is 2. The summed E-state index contributed by atoms with van der Waals surface area (Å²) < 4.78 is 22.6. The molecule has 6 heteroatoms. The van der Waals surface area contributed by atoms with Crippen LogP contribution in [0.1, 0.15) is 5.69 Å². The van der Waals surface area contributed by atoms with Crippen LogP contribution in [0.2, 0.25) is 0 Å². The third-order valence-electron chi connectivity index (χ3n) is 1.41. The van der Waals surface area contributed by atoms with Crippen LogP contribution in [0.15, 0.2) is 17.4 Å². The van der Waals surface area contributed by atoms with E-state index in [0.717, 1.165) is 0 Å². The molecule has 13 heavy (non-hydrogen) atoms. The van der Waals surface area contributed by atoms with E-state index >= 15 is 0 Å². The number of aliphatic hydroxyl groups excluding tert-OH is 1. The molecule has 0 amide bonds. The molecular formula is C7H10N2O3S. The van der Waals surface area contributed by atoms with E-state index in [2.05, 4.69) is 9.97 Å². The molecule has 0 radical (unpaired) electrons. The molecule has 0 bridgehead atoms. The van der Waals surface area contributed by atoms with Crippen molar-refractivity contribution in [1.82, 2.24) is 9.97 Å². The van der Waals surface area contributed by atoms with Crippen molar-refractivity contribution in [2.45, 2.75) is 12.1 Å². The van der Waals surface area contributed by atoms with E-state index in [1.807, 2.05) is 0 Å². The van der Waals surface area contributed by atoms with E-state index in [1.54, 1.807) is 13.0 Å². The standard InChI is InChI=1S/C7H10N2O3S/c1-6-2-3-8-7(9-6)13(11,12)5-4-10/h2-3,10H,4-5H2,1H3. The van der Waals surface area contributed by atoms with Crippen molar-refractivity contribution in [2.75, 3.05) is 12.4 Å². The molecule has 0 spiro atoms. The van der Waals surface area contributed by atoms with Crippen LogP contribution in [0.5, 0.6) is 0 Å². The lowest BCUT2D eigenvalue weighted by atomic mass is 10.5. The second-order valence-electron chi connectivity index (χ2n) is 2.52. The van der Waals surface area contributed by atoms with Crippen molar-refractivity contribution in [3.8, 4) is 0 Å². The van der Waals surface area contributed by atoms with Gasteiger partial charge in [-0.2, -0.15) is 0 Å². The Morgan fingerprint density at radius 1 is 1.54 bits per heavy atom. The Balaban J connectivity index is 3.08. The minimum atomic E-state index is -3.51. The SMILES string of the molecule is Cc1ccnc(S(=O)(=O)CCO)n1. The van der Waals surface area contributed by atoms with E-state index < -0.39 is 16.4 Å². The molecule has 1 heterocycles. The molecule has 0 saturated heterocycles. The highest BCUT2D eigenvalue weighted by molar-refractivity contribution is 7.91. The van der Waals surface area contributed by atoms with Crippen molar-refractivity contribution >= 4 is 9.84 Å². The number of sulfone groups is 1. The van der Waals surface area contributed by atoms with Gasteiger partial charge in [-0.1, -0.05) is 0 Å². The Bertz CT molecular complexity index is 388.